The molecule has 2 aliphatic carbocycles. The lowest BCUT2D eigenvalue weighted by atomic mass is 9.84. The normalized spacial score (nSPS) is 34.2. The SMILES string of the molecule is CCNCC(C)C(=O)NC1C2CCC(C2)C1C(=O)O. The molecule has 5 heteroatoms. The van der Waals surface area contributed by atoms with Crippen molar-refractivity contribution in [3.05, 3.63) is 0 Å². The van der Waals surface area contributed by atoms with Crippen molar-refractivity contribution in [1.29, 1.82) is 0 Å². The minimum atomic E-state index is -0.753. The highest BCUT2D eigenvalue weighted by Crippen LogP contribution is 2.48. The van der Waals surface area contributed by atoms with Crippen LogP contribution in [0.3, 0.4) is 0 Å². The Labute approximate surface area is 114 Å². The predicted octanol–water partition coefficient (Wildman–Crippen LogP) is 0.847. The number of aliphatic carboxylic acids is 1. The fraction of sp³-hybridized carbons (Fsp3) is 0.857. The van der Waals surface area contributed by atoms with Gasteiger partial charge in [-0.15, -0.1) is 0 Å². The van der Waals surface area contributed by atoms with E-state index in [1.165, 1.54) is 0 Å². The monoisotopic (exact) mass is 268 g/mol. The maximum Gasteiger partial charge on any atom is 0.308 e. The molecule has 0 aliphatic heterocycles. The summed E-state index contributed by atoms with van der Waals surface area (Å²) in [6.07, 6.45) is 3.02. The molecular formula is C14H24N2O3. The van der Waals surface area contributed by atoms with E-state index in [9.17, 15) is 14.7 Å². The van der Waals surface area contributed by atoms with Gasteiger partial charge in [0.25, 0.3) is 0 Å². The smallest absolute Gasteiger partial charge is 0.308 e. The van der Waals surface area contributed by atoms with Gasteiger partial charge in [0, 0.05) is 18.5 Å². The minimum absolute atomic E-state index is 0.0234. The second kappa shape index (κ2) is 5.90. The topological polar surface area (TPSA) is 78.4 Å². The Hall–Kier alpha value is -1.10. The van der Waals surface area contributed by atoms with Crippen LogP contribution in [0.5, 0.6) is 0 Å². The Morgan fingerprint density at radius 2 is 2.00 bits per heavy atom. The van der Waals surface area contributed by atoms with Gasteiger partial charge in [0.2, 0.25) is 5.91 Å². The summed E-state index contributed by atoms with van der Waals surface area (Å²) in [5.74, 6) is -0.651. The largest absolute Gasteiger partial charge is 0.481 e. The molecule has 0 aromatic rings. The minimum Gasteiger partial charge on any atom is -0.481 e. The number of carbonyl (C=O) groups is 2. The third-order valence-corrected chi connectivity index (χ3v) is 4.66. The van der Waals surface area contributed by atoms with Crippen LogP contribution < -0.4 is 10.6 Å². The van der Waals surface area contributed by atoms with Crippen LogP contribution in [0.15, 0.2) is 0 Å². The lowest BCUT2D eigenvalue weighted by molar-refractivity contribution is -0.144. The summed E-state index contributed by atoms with van der Waals surface area (Å²) in [4.78, 5) is 23.5. The van der Waals surface area contributed by atoms with Crippen molar-refractivity contribution in [1.82, 2.24) is 10.6 Å². The van der Waals surface area contributed by atoms with E-state index in [-0.39, 0.29) is 29.7 Å². The molecule has 2 aliphatic rings. The summed E-state index contributed by atoms with van der Waals surface area (Å²) in [5.41, 5.74) is 0. The van der Waals surface area contributed by atoms with E-state index in [4.69, 9.17) is 0 Å². The molecule has 5 unspecified atom stereocenters. The quantitative estimate of drug-likeness (QED) is 0.667. The van der Waals surface area contributed by atoms with Crippen molar-refractivity contribution in [3.63, 3.8) is 0 Å². The van der Waals surface area contributed by atoms with Gasteiger partial charge in [0.05, 0.1) is 5.92 Å². The summed E-state index contributed by atoms with van der Waals surface area (Å²) in [6.45, 7) is 5.35. The highest BCUT2D eigenvalue weighted by Gasteiger charge is 2.51. The molecule has 0 heterocycles. The Kier molecular flexibility index (Phi) is 4.45. The molecular weight excluding hydrogens is 244 g/mol. The number of amides is 1. The van der Waals surface area contributed by atoms with E-state index in [2.05, 4.69) is 10.6 Å². The van der Waals surface area contributed by atoms with Gasteiger partial charge in [0.1, 0.15) is 0 Å². The van der Waals surface area contributed by atoms with Gasteiger partial charge in [-0.25, -0.2) is 0 Å². The number of carboxylic acids is 1. The average Bonchev–Trinajstić information content (AvgIpc) is 2.96. The first-order chi connectivity index (χ1) is 9.04. The van der Waals surface area contributed by atoms with E-state index in [0.29, 0.717) is 12.5 Å². The molecule has 0 aromatic heterocycles. The third-order valence-electron chi connectivity index (χ3n) is 4.66. The van der Waals surface area contributed by atoms with Gasteiger partial charge in [0.15, 0.2) is 0 Å². The highest BCUT2D eigenvalue weighted by molar-refractivity contribution is 5.80. The van der Waals surface area contributed by atoms with E-state index in [1.807, 2.05) is 13.8 Å². The lowest BCUT2D eigenvalue weighted by Crippen LogP contribution is -2.49. The first kappa shape index (κ1) is 14.3. The number of nitrogens with one attached hydrogen (secondary N) is 2. The summed E-state index contributed by atoms with van der Waals surface area (Å²) >= 11 is 0. The van der Waals surface area contributed by atoms with Crippen molar-refractivity contribution in [3.8, 4) is 0 Å². The van der Waals surface area contributed by atoms with Crippen LogP contribution in [-0.4, -0.2) is 36.1 Å². The Morgan fingerprint density at radius 3 is 2.63 bits per heavy atom. The molecule has 2 saturated carbocycles. The number of hydrogen-bond acceptors (Lipinski definition) is 3. The van der Waals surface area contributed by atoms with Crippen LogP contribution in [0, 0.1) is 23.7 Å². The zero-order valence-corrected chi connectivity index (χ0v) is 11.7. The zero-order chi connectivity index (χ0) is 14.0. The molecule has 108 valence electrons. The van der Waals surface area contributed by atoms with E-state index < -0.39 is 5.97 Å². The summed E-state index contributed by atoms with van der Waals surface area (Å²) in [7, 11) is 0. The number of rotatable bonds is 6. The van der Waals surface area contributed by atoms with E-state index in [0.717, 1.165) is 25.8 Å². The van der Waals surface area contributed by atoms with Crippen molar-refractivity contribution < 1.29 is 14.7 Å². The van der Waals surface area contributed by atoms with Gasteiger partial charge in [-0.2, -0.15) is 0 Å². The van der Waals surface area contributed by atoms with Crippen LogP contribution in [0.1, 0.15) is 33.1 Å². The fourth-order valence-corrected chi connectivity index (χ4v) is 3.61. The van der Waals surface area contributed by atoms with Crippen LogP contribution in [0.25, 0.3) is 0 Å². The lowest BCUT2D eigenvalue weighted by Gasteiger charge is -2.29. The molecule has 5 nitrogen and oxygen atoms in total. The highest BCUT2D eigenvalue weighted by atomic mass is 16.4. The van der Waals surface area contributed by atoms with Crippen molar-refractivity contribution in [2.24, 2.45) is 23.7 Å². The van der Waals surface area contributed by atoms with Crippen LogP contribution in [0.2, 0.25) is 0 Å². The first-order valence-corrected chi connectivity index (χ1v) is 7.28. The van der Waals surface area contributed by atoms with Crippen LogP contribution >= 0.6 is 0 Å². The predicted molar refractivity (Wildman–Crippen MR) is 71.6 cm³/mol. The standard InChI is InChI=1S/C14H24N2O3/c1-3-15-7-8(2)13(17)16-12-10-5-4-9(6-10)11(12)14(18)19/h8-12,15H,3-7H2,1-2H3,(H,16,17)(H,18,19). The molecule has 0 saturated heterocycles. The molecule has 5 atom stereocenters. The molecule has 3 N–H and O–H groups in total. The molecule has 2 fully saturated rings. The second-order valence-corrected chi connectivity index (χ2v) is 5.94. The van der Waals surface area contributed by atoms with Crippen LogP contribution in [-0.2, 0) is 9.59 Å². The molecule has 0 aromatic carbocycles. The van der Waals surface area contributed by atoms with E-state index >= 15 is 0 Å². The van der Waals surface area contributed by atoms with Gasteiger partial charge >= 0.3 is 5.97 Å². The Balaban J connectivity index is 1.94. The van der Waals surface area contributed by atoms with E-state index in [1.54, 1.807) is 0 Å². The summed E-state index contributed by atoms with van der Waals surface area (Å²) < 4.78 is 0. The Bertz CT molecular complexity index is 359. The third kappa shape index (κ3) is 2.91. The maximum absolute atomic E-state index is 12.1. The first-order valence-electron chi connectivity index (χ1n) is 7.28. The second-order valence-electron chi connectivity index (χ2n) is 5.94. The molecule has 0 spiro atoms. The summed E-state index contributed by atoms with van der Waals surface area (Å²) in [6, 6.07) is -0.159. The van der Waals surface area contributed by atoms with Gasteiger partial charge in [-0.05, 0) is 37.6 Å². The number of carbonyl (C=O) groups excluding carboxylic acids is 1. The molecule has 2 rings (SSSR count). The van der Waals surface area contributed by atoms with Crippen molar-refractivity contribution >= 4 is 11.9 Å². The molecule has 1 amide bonds. The van der Waals surface area contributed by atoms with Gasteiger partial charge in [-0.3, -0.25) is 9.59 Å². The number of carboxylic acid groups (broad SMARTS) is 1. The number of hydrogen-bond donors (Lipinski definition) is 3. The average molecular weight is 268 g/mol. The van der Waals surface area contributed by atoms with Crippen LogP contribution in [0.4, 0.5) is 0 Å². The fourth-order valence-electron chi connectivity index (χ4n) is 3.61. The molecule has 2 bridgehead atoms. The van der Waals surface area contributed by atoms with Gasteiger partial charge in [-0.1, -0.05) is 13.8 Å². The molecule has 19 heavy (non-hydrogen) atoms. The van der Waals surface area contributed by atoms with Crippen molar-refractivity contribution in [2.75, 3.05) is 13.1 Å². The maximum atomic E-state index is 12.1. The Morgan fingerprint density at radius 1 is 1.32 bits per heavy atom. The molecule has 0 radical (unpaired) electrons. The number of fused-ring (bicyclic) bond motifs is 2. The summed E-state index contributed by atoms with van der Waals surface area (Å²) in [5, 5.41) is 15.5. The van der Waals surface area contributed by atoms with Gasteiger partial charge < -0.3 is 15.7 Å². The zero-order valence-electron chi connectivity index (χ0n) is 11.7. The van der Waals surface area contributed by atoms with Crippen molar-refractivity contribution in [2.45, 2.75) is 39.2 Å².